The van der Waals surface area contributed by atoms with E-state index in [-0.39, 0.29) is 11.5 Å². The molecular weight excluding hydrogens is 312 g/mol. The number of benzene rings is 1. The van der Waals surface area contributed by atoms with Gasteiger partial charge in [0.25, 0.3) is 0 Å². The number of rotatable bonds is 5. The summed E-state index contributed by atoms with van der Waals surface area (Å²) in [5.74, 6) is 0. The van der Waals surface area contributed by atoms with Crippen LogP contribution in [0.4, 0.5) is 0 Å². The van der Waals surface area contributed by atoms with Gasteiger partial charge in [0.05, 0.1) is 5.71 Å². The molecule has 2 aliphatic heterocycles. The summed E-state index contributed by atoms with van der Waals surface area (Å²) in [5.41, 5.74) is 2.22. The molecule has 1 N–H and O–H groups in total. The molecule has 0 aromatic heterocycles. The first kappa shape index (κ1) is 16.7. The van der Waals surface area contributed by atoms with Crippen LogP contribution in [0.25, 0.3) is 0 Å². The molecule has 2 aliphatic rings. The molecule has 0 radical (unpaired) electrons. The molecule has 23 heavy (non-hydrogen) atoms. The number of likely N-dealkylation sites (tertiary alicyclic amines) is 1. The molecule has 5 heteroatoms. The van der Waals surface area contributed by atoms with E-state index in [0.29, 0.717) is 6.61 Å². The number of hydrogen-bond acceptors (Lipinski definition) is 4. The van der Waals surface area contributed by atoms with Crippen molar-refractivity contribution in [2.24, 2.45) is 10.6 Å². The van der Waals surface area contributed by atoms with E-state index in [0.717, 1.165) is 61.6 Å². The van der Waals surface area contributed by atoms with Crippen molar-refractivity contribution >= 4 is 17.3 Å². The summed E-state index contributed by atoms with van der Waals surface area (Å²) in [6, 6.07) is 7.75. The molecule has 2 heterocycles. The van der Waals surface area contributed by atoms with Crippen molar-refractivity contribution < 1.29 is 9.94 Å². The lowest BCUT2D eigenvalue weighted by molar-refractivity contribution is 0.00723. The van der Waals surface area contributed by atoms with E-state index in [2.05, 4.69) is 17.0 Å². The van der Waals surface area contributed by atoms with Gasteiger partial charge in [-0.2, -0.15) is 0 Å². The summed E-state index contributed by atoms with van der Waals surface area (Å²) in [7, 11) is 0. The first-order chi connectivity index (χ1) is 11.1. The predicted molar refractivity (Wildman–Crippen MR) is 93.0 cm³/mol. The van der Waals surface area contributed by atoms with Crippen LogP contribution in [0.1, 0.15) is 38.2 Å². The normalized spacial score (nSPS) is 24.3. The molecule has 126 valence electrons. The summed E-state index contributed by atoms with van der Waals surface area (Å²) in [6.07, 6.45) is 4.16. The van der Waals surface area contributed by atoms with E-state index in [1.165, 1.54) is 0 Å². The smallest absolute Gasteiger partial charge is 0.145 e. The Balaban J connectivity index is 1.49. The molecule has 1 atom stereocenters. The van der Waals surface area contributed by atoms with E-state index in [1.807, 2.05) is 24.3 Å². The molecule has 0 aliphatic carbocycles. The summed E-state index contributed by atoms with van der Waals surface area (Å²) in [5, 5.41) is 14.6. The van der Waals surface area contributed by atoms with Gasteiger partial charge >= 0.3 is 0 Å². The van der Waals surface area contributed by atoms with E-state index in [4.69, 9.17) is 16.4 Å². The molecule has 1 saturated heterocycles. The van der Waals surface area contributed by atoms with Crippen LogP contribution in [0, 0.1) is 5.41 Å². The monoisotopic (exact) mass is 336 g/mol. The van der Waals surface area contributed by atoms with Crippen LogP contribution in [0.15, 0.2) is 29.4 Å². The van der Waals surface area contributed by atoms with Crippen LogP contribution in [-0.4, -0.2) is 48.1 Å². The maximum absolute atomic E-state index is 9.62. The Bertz CT molecular complexity index is 545. The van der Waals surface area contributed by atoms with Crippen LogP contribution in [0.2, 0.25) is 5.02 Å². The van der Waals surface area contributed by atoms with Gasteiger partial charge < -0.3 is 9.94 Å². The fourth-order valence-corrected chi connectivity index (χ4v) is 3.59. The topological polar surface area (TPSA) is 45.1 Å². The average molecular weight is 337 g/mol. The fourth-order valence-electron chi connectivity index (χ4n) is 3.46. The van der Waals surface area contributed by atoms with Gasteiger partial charge in [-0.05, 0) is 55.5 Å². The molecule has 0 saturated carbocycles. The van der Waals surface area contributed by atoms with Crippen LogP contribution in [-0.2, 0) is 4.84 Å². The maximum atomic E-state index is 9.62. The first-order valence-corrected chi connectivity index (χ1v) is 8.84. The second-order valence-corrected chi connectivity index (χ2v) is 7.23. The van der Waals surface area contributed by atoms with Gasteiger partial charge in [-0.1, -0.05) is 35.8 Å². The number of hydrogen-bond donors (Lipinski definition) is 1. The maximum Gasteiger partial charge on any atom is 0.145 e. The third-order valence-corrected chi connectivity index (χ3v) is 5.63. The van der Waals surface area contributed by atoms with E-state index in [9.17, 15) is 5.11 Å². The lowest BCUT2D eigenvalue weighted by Crippen LogP contribution is -2.44. The highest BCUT2D eigenvalue weighted by Crippen LogP contribution is 2.34. The fraction of sp³-hybridized carbons (Fsp3) is 0.611. The van der Waals surface area contributed by atoms with Gasteiger partial charge in [-0.15, -0.1) is 0 Å². The zero-order chi connectivity index (χ0) is 16.3. The molecule has 0 spiro atoms. The molecule has 3 rings (SSSR count). The molecule has 1 unspecified atom stereocenters. The number of halogens is 1. The standard InChI is InChI=1S/C18H25ClN2O2/c1-2-18(13-22)7-9-21(10-8-18)12-16-11-17(20-23-16)14-3-5-15(19)6-4-14/h3-6,16,22H,2,7-13H2,1H3. The Morgan fingerprint density at radius 3 is 2.61 bits per heavy atom. The minimum absolute atomic E-state index is 0.129. The number of oxime groups is 1. The quantitative estimate of drug-likeness (QED) is 0.897. The van der Waals surface area contributed by atoms with Gasteiger partial charge in [0.1, 0.15) is 6.10 Å². The zero-order valence-corrected chi connectivity index (χ0v) is 14.4. The van der Waals surface area contributed by atoms with Crippen molar-refractivity contribution in [1.82, 2.24) is 4.90 Å². The predicted octanol–water partition coefficient (Wildman–Crippen LogP) is 3.32. The highest BCUT2D eigenvalue weighted by Gasteiger charge is 2.34. The largest absolute Gasteiger partial charge is 0.396 e. The van der Waals surface area contributed by atoms with Gasteiger partial charge in [-0.3, -0.25) is 4.90 Å². The van der Waals surface area contributed by atoms with Crippen LogP contribution < -0.4 is 0 Å². The Morgan fingerprint density at radius 2 is 2.00 bits per heavy atom. The van der Waals surface area contributed by atoms with E-state index in [1.54, 1.807) is 0 Å². The Hall–Kier alpha value is -1.10. The third kappa shape index (κ3) is 3.87. The van der Waals surface area contributed by atoms with Gasteiger partial charge in [0.2, 0.25) is 0 Å². The summed E-state index contributed by atoms with van der Waals surface area (Å²) in [4.78, 5) is 8.06. The van der Waals surface area contributed by atoms with Crippen molar-refractivity contribution in [3.63, 3.8) is 0 Å². The Labute approximate surface area is 143 Å². The Kier molecular flexibility index (Phi) is 5.24. The van der Waals surface area contributed by atoms with Crippen molar-refractivity contribution in [1.29, 1.82) is 0 Å². The number of aliphatic hydroxyl groups is 1. The van der Waals surface area contributed by atoms with E-state index < -0.39 is 0 Å². The molecule has 1 aromatic carbocycles. The van der Waals surface area contributed by atoms with Crippen molar-refractivity contribution in [2.75, 3.05) is 26.2 Å². The number of piperidine rings is 1. The minimum Gasteiger partial charge on any atom is -0.396 e. The van der Waals surface area contributed by atoms with Crippen LogP contribution >= 0.6 is 11.6 Å². The lowest BCUT2D eigenvalue weighted by atomic mass is 9.77. The van der Waals surface area contributed by atoms with Crippen LogP contribution in [0.3, 0.4) is 0 Å². The summed E-state index contributed by atoms with van der Waals surface area (Å²) in [6.45, 7) is 5.46. The second-order valence-electron chi connectivity index (χ2n) is 6.79. The van der Waals surface area contributed by atoms with Crippen molar-refractivity contribution in [3.05, 3.63) is 34.9 Å². The Morgan fingerprint density at radius 1 is 1.30 bits per heavy atom. The van der Waals surface area contributed by atoms with Gasteiger partial charge in [-0.25, -0.2) is 0 Å². The minimum atomic E-state index is 0.129. The molecule has 0 bridgehead atoms. The zero-order valence-electron chi connectivity index (χ0n) is 13.7. The summed E-state index contributed by atoms with van der Waals surface area (Å²) >= 11 is 5.93. The SMILES string of the molecule is CCC1(CO)CCN(CC2CC(c3ccc(Cl)cc3)=NO2)CC1. The van der Waals surface area contributed by atoms with Gasteiger partial charge in [0.15, 0.2) is 0 Å². The second kappa shape index (κ2) is 7.20. The number of nitrogens with zero attached hydrogens (tertiary/aromatic N) is 2. The molecule has 4 nitrogen and oxygen atoms in total. The van der Waals surface area contributed by atoms with E-state index >= 15 is 0 Å². The van der Waals surface area contributed by atoms with Gasteiger partial charge in [0, 0.05) is 24.6 Å². The summed E-state index contributed by atoms with van der Waals surface area (Å²) < 4.78 is 0. The molecule has 0 amide bonds. The molecular formula is C18H25ClN2O2. The van der Waals surface area contributed by atoms with Crippen molar-refractivity contribution in [2.45, 2.75) is 38.7 Å². The highest BCUT2D eigenvalue weighted by molar-refractivity contribution is 6.30. The van der Waals surface area contributed by atoms with Crippen LogP contribution in [0.5, 0.6) is 0 Å². The molecule has 1 aromatic rings. The number of aliphatic hydroxyl groups excluding tert-OH is 1. The first-order valence-electron chi connectivity index (χ1n) is 8.46. The van der Waals surface area contributed by atoms with Crippen molar-refractivity contribution in [3.8, 4) is 0 Å². The third-order valence-electron chi connectivity index (χ3n) is 5.37. The highest BCUT2D eigenvalue weighted by atomic mass is 35.5. The average Bonchev–Trinajstić information content (AvgIpc) is 3.05. The molecule has 1 fully saturated rings. The lowest BCUT2D eigenvalue weighted by Gasteiger charge is -2.40.